The summed E-state index contributed by atoms with van der Waals surface area (Å²) in [6.45, 7) is 0.305. The predicted molar refractivity (Wildman–Crippen MR) is 27.4 cm³/mol. The Hall–Kier alpha value is -0.570. The second kappa shape index (κ2) is 3.61. The van der Waals surface area contributed by atoms with Crippen LogP contribution in [0.25, 0.3) is 0 Å². The van der Waals surface area contributed by atoms with Crippen molar-refractivity contribution in [2.45, 2.75) is 0 Å². The second-order valence-corrected chi connectivity index (χ2v) is 1.05. The molecule has 0 aliphatic rings. The van der Waals surface area contributed by atoms with Gasteiger partial charge in [-0.25, -0.2) is 0 Å². The lowest BCUT2D eigenvalue weighted by atomic mass is 10.4. The van der Waals surface area contributed by atoms with E-state index in [1.165, 1.54) is 6.42 Å². The van der Waals surface area contributed by atoms with Crippen LogP contribution < -0.4 is 11.1 Å². The summed E-state index contributed by atoms with van der Waals surface area (Å²) >= 11 is 0. The van der Waals surface area contributed by atoms with E-state index in [0.717, 1.165) is 0 Å². The minimum atomic E-state index is -0.123. The molecule has 0 rings (SSSR count). The molecule has 0 unspecified atom stereocenters. The molecule has 1 radical (unpaired) electrons. The maximum Gasteiger partial charge on any atom is 0.224 e. The minimum absolute atomic E-state index is 0.123. The number of carbonyl (C=O) groups is 1. The van der Waals surface area contributed by atoms with Crippen molar-refractivity contribution in [2.24, 2.45) is 5.73 Å². The molecule has 3 heteroatoms. The fourth-order valence-electron chi connectivity index (χ4n) is 0.209. The van der Waals surface area contributed by atoms with Gasteiger partial charge in [-0.3, -0.25) is 4.79 Å². The molecule has 0 atom stereocenters. The quantitative estimate of drug-likeness (QED) is 0.463. The van der Waals surface area contributed by atoms with Gasteiger partial charge in [0.05, 0.1) is 6.42 Å². The van der Waals surface area contributed by atoms with Gasteiger partial charge in [-0.05, 0) is 0 Å². The van der Waals surface area contributed by atoms with Crippen molar-refractivity contribution < 1.29 is 4.79 Å². The van der Waals surface area contributed by atoms with Crippen molar-refractivity contribution in [3.8, 4) is 0 Å². The largest absolute Gasteiger partial charge is 0.359 e. The number of carbonyl (C=O) groups excluding carboxylic acids is 1. The lowest BCUT2D eigenvalue weighted by Crippen LogP contribution is -2.21. The first kappa shape index (κ1) is 6.43. The fraction of sp³-hybridized carbons (Fsp3) is 0.500. The Morgan fingerprint density at radius 2 is 2.57 bits per heavy atom. The topological polar surface area (TPSA) is 55.1 Å². The molecule has 1 amide bonds. The third kappa shape index (κ3) is 3.26. The highest BCUT2D eigenvalue weighted by Gasteiger charge is 1.90. The Kier molecular flexibility index (Phi) is 3.32. The zero-order valence-corrected chi connectivity index (χ0v) is 4.27. The maximum absolute atomic E-state index is 10.2. The third-order valence-corrected chi connectivity index (χ3v) is 0.550. The first-order valence-electron chi connectivity index (χ1n) is 2.06. The summed E-state index contributed by atoms with van der Waals surface area (Å²) < 4.78 is 0. The van der Waals surface area contributed by atoms with Gasteiger partial charge in [0.25, 0.3) is 0 Å². The van der Waals surface area contributed by atoms with Gasteiger partial charge in [-0.2, -0.15) is 0 Å². The average molecular weight is 101 g/mol. The number of nitrogens with two attached hydrogens (primary N) is 1. The standard InChI is InChI=1S/C4H9N2O/c1-6-4(7)2-3-5/h2H,3,5H2,1H3,(H,6,7). The van der Waals surface area contributed by atoms with Crippen LogP contribution in [0.1, 0.15) is 0 Å². The van der Waals surface area contributed by atoms with Crippen molar-refractivity contribution in [3.05, 3.63) is 6.42 Å². The normalized spacial score (nSPS) is 8.29. The van der Waals surface area contributed by atoms with E-state index in [2.05, 4.69) is 5.32 Å². The zero-order chi connectivity index (χ0) is 5.70. The monoisotopic (exact) mass is 101 g/mol. The highest BCUT2D eigenvalue weighted by Crippen LogP contribution is 1.66. The van der Waals surface area contributed by atoms with Gasteiger partial charge in [0, 0.05) is 13.6 Å². The zero-order valence-electron chi connectivity index (χ0n) is 4.27. The molecule has 0 bridgehead atoms. The third-order valence-electron chi connectivity index (χ3n) is 0.550. The van der Waals surface area contributed by atoms with E-state index in [0.29, 0.717) is 6.54 Å². The van der Waals surface area contributed by atoms with Crippen molar-refractivity contribution >= 4 is 5.91 Å². The molecule has 7 heavy (non-hydrogen) atoms. The highest BCUT2D eigenvalue weighted by molar-refractivity contribution is 5.84. The van der Waals surface area contributed by atoms with Crippen LogP contribution in [0.2, 0.25) is 0 Å². The molecule has 3 nitrogen and oxygen atoms in total. The second-order valence-electron chi connectivity index (χ2n) is 1.05. The van der Waals surface area contributed by atoms with E-state index in [4.69, 9.17) is 5.73 Å². The summed E-state index contributed by atoms with van der Waals surface area (Å²) in [4.78, 5) is 10.2. The maximum atomic E-state index is 10.2. The Balaban J connectivity index is 3.00. The van der Waals surface area contributed by atoms with Crippen molar-refractivity contribution in [2.75, 3.05) is 13.6 Å². The van der Waals surface area contributed by atoms with Crippen LogP contribution in [0, 0.1) is 6.42 Å². The van der Waals surface area contributed by atoms with Crippen LogP contribution in [0.3, 0.4) is 0 Å². The molecule has 41 valence electrons. The number of hydrogen-bond acceptors (Lipinski definition) is 2. The Morgan fingerprint density at radius 1 is 2.00 bits per heavy atom. The summed E-state index contributed by atoms with van der Waals surface area (Å²) in [6, 6.07) is 0. The van der Waals surface area contributed by atoms with Gasteiger partial charge in [0.2, 0.25) is 5.91 Å². The smallest absolute Gasteiger partial charge is 0.224 e. The number of rotatable bonds is 2. The molecular weight excluding hydrogens is 92.1 g/mol. The molecular formula is C4H9N2O. The molecule has 0 saturated heterocycles. The van der Waals surface area contributed by atoms with E-state index in [1.54, 1.807) is 7.05 Å². The van der Waals surface area contributed by atoms with E-state index in [1.807, 2.05) is 0 Å². The Morgan fingerprint density at radius 3 is 2.71 bits per heavy atom. The summed E-state index contributed by atoms with van der Waals surface area (Å²) in [6.07, 6.45) is 1.38. The van der Waals surface area contributed by atoms with Crippen LogP contribution >= 0.6 is 0 Å². The number of amides is 1. The van der Waals surface area contributed by atoms with Gasteiger partial charge in [-0.15, -0.1) is 0 Å². The minimum Gasteiger partial charge on any atom is -0.359 e. The highest BCUT2D eigenvalue weighted by atomic mass is 16.1. The van der Waals surface area contributed by atoms with Gasteiger partial charge < -0.3 is 11.1 Å². The summed E-state index contributed by atoms with van der Waals surface area (Å²) in [7, 11) is 1.56. The first-order chi connectivity index (χ1) is 3.31. The van der Waals surface area contributed by atoms with Gasteiger partial charge in [-0.1, -0.05) is 0 Å². The fourth-order valence-corrected chi connectivity index (χ4v) is 0.209. The van der Waals surface area contributed by atoms with Crippen molar-refractivity contribution in [1.29, 1.82) is 0 Å². The number of hydrogen-bond donors (Lipinski definition) is 2. The SMILES string of the molecule is CNC(=O)[CH]CN. The number of nitrogens with one attached hydrogen (secondary N) is 1. The molecule has 0 aliphatic heterocycles. The van der Waals surface area contributed by atoms with Crippen LogP contribution in [0.15, 0.2) is 0 Å². The summed E-state index contributed by atoms with van der Waals surface area (Å²) in [5.41, 5.74) is 4.99. The molecule has 0 aromatic heterocycles. The van der Waals surface area contributed by atoms with Crippen LogP contribution in [-0.4, -0.2) is 19.5 Å². The lowest BCUT2D eigenvalue weighted by molar-refractivity contribution is -0.117. The van der Waals surface area contributed by atoms with E-state index >= 15 is 0 Å². The molecule has 0 saturated carbocycles. The lowest BCUT2D eigenvalue weighted by Gasteiger charge is -1.90. The Bertz CT molecular complexity index is 62.7. The van der Waals surface area contributed by atoms with E-state index in [9.17, 15) is 4.79 Å². The van der Waals surface area contributed by atoms with E-state index in [-0.39, 0.29) is 5.91 Å². The predicted octanol–water partition coefficient (Wildman–Crippen LogP) is -1.10. The molecule has 0 aromatic carbocycles. The molecule has 3 N–H and O–H groups in total. The molecule has 0 aliphatic carbocycles. The van der Waals surface area contributed by atoms with E-state index < -0.39 is 0 Å². The molecule has 0 spiro atoms. The average Bonchev–Trinajstić information content (AvgIpc) is 1.68. The molecule has 0 heterocycles. The van der Waals surface area contributed by atoms with Crippen LogP contribution in [0.5, 0.6) is 0 Å². The van der Waals surface area contributed by atoms with Gasteiger partial charge in [0.1, 0.15) is 0 Å². The molecule has 0 aromatic rings. The summed E-state index contributed by atoms with van der Waals surface area (Å²) in [5.74, 6) is -0.123. The summed E-state index contributed by atoms with van der Waals surface area (Å²) in [5, 5.41) is 2.39. The Labute approximate surface area is 42.9 Å². The van der Waals surface area contributed by atoms with Crippen molar-refractivity contribution in [3.63, 3.8) is 0 Å². The molecule has 0 fully saturated rings. The van der Waals surface area contributed by atoms with Gasteiger partial charge >= 0.3 is 0 Å². The first-order valence-corrected chi connectivity index (χ1v) is 2.06. The van der Waals surface area contributed by atoms with Gasteiger partial charge in [0.15, 0.2) is 0 Å². The van der Waals surface area contributed by atoms with Crippen LogP contribution in [-0.2, 0) is 4.79 Å². The van der Waals surface area contributed by atoms with Crippen molar-refractivity contribution in [1.82, 2.24) is 5.32 Å². The van der Waals surface area contributed by atoms with Crippen LogP contribution in [0.4, 0.5) is 0 Å².